The van der Waals surface area contributed by atoms with Crippen LogP contribution in [0, 0.1) is 0 Å². The highest BCUT2D eigenvalue weighted by Crippen LogP contribution is 2.39. The predicted octanol–water partition coefficient (Wildman–Crippen LogP) is 3.16. The van der Waals surface area contributed by atoms with Gasteiger partial charge < -0.3 is 16.1 Å². The van der Waals surface area contributed by atoms with Crippen LogP contribution in [0.4, 0.5) is 11.5 Å². The molecule has 4 aromatic rings. The Morgan fingerprint density at radius 1 is 1.04 bits per heavy atom. The van der Waals surface area contributed by atoms with Gasteiger partial charge in [0, 0.05) is 34.6 Å². The summed E-state index contributed by atoms with van der Waals surface area (Å²) in [5.74, 6) is 1.36. The van der Waals surface area contributed by atoms with Gasteiger partial charge in [0.15, 0.2) is 5.65 Å². The molecule has 0 aromatic carbocycles. The molecular formula is C18H19N7. The Balaban J connectivity index is 1.42. The van der Waals surface area contributed by atoms with E-state index in [1.165, 1.54) is 11.1 Å². The van der Waals surface area contributed by atoms with Crippen molar-refractivity contribution in [2.45, 2.75) is 31.2 Å². The van der Waals surface area contributed by atoms with Crippen LogP contribution >= 0.6 is 0 Å². The van der Waals surface area contributed by atoms with Crippen molar-refractivity contribution in [1.29, 1.82) is 0 Å². The van der Waals surface area contributed by atoms with E-state index in [4.69, 9.17) is 5.73 Å². The lowest BCUT2D eigenvalue weighted by molar-refractivity contribution is 0.682. The van der Waals surface area contributed by atoms with Gasteiger partial charge in [-0.3, -0.25) is 5.10 Å². The lowest BCUT2D eigenvalue weighted by Crippen LogP contribution is -2.16. The second kappa shape index (κ2) is 5.47. The molecular weight excluding hydrogens is 314 g/mol. The highest BCUT2D eigenvalue weighted by Gasteiger charge is 2.29. The van der Waals surface area contributed by atoms with Gasteiger partial charge in [-0.1, -0.05) is 0 Å². The molecule has 0 saturated heterocycles. The average Bonchev–Trinajstić information content (AvgIpc) is 3.34. The van der Waals surface area contributed by atoms with E-state index in [1.807, 2.05) is 30.6 Å². The Morgan fingerprint density at radius 2 is 2.00 bits per heavy atom. The predicted molar refractivity (Wildman–Crippen MR) is 98.4 cm³/mol. The van der Waals surface area contributed by atoms with E-state index in [1.54, 1.807) is 6.20 Å². The first-order valence-electron chi connectivity index (χ1n) is 8.55. The number of rotatable bonds is 3. The first-order chi connectivity index (χ1) is 12.3. The fraction of sp³-hybridized carbons (Fsp3) is 0.278. The summed E-state index contributed by atoms with van der Waals surface area (Å²) >= 11 is 0. The Hall–Kier alpha value is -3.09. The number of nitrogens with two attached hydrogens (primary N) is 1. The number of anilines is 2. The average molecular weight is 333 g/mol. The Bertz CT molecular complexity index is 1030. The molecule has 1 saturated carbocycles. The minimum absolute atomic E-state index is 0.412. The van der Waals surface area contributed by atoms with Crippen molar-refractivity contribution in [2.75, 3.05) is 11.1 Å². The van der Waals surface area contributed by atoms with Crippen LogP contribution in [0.15, 0.2) is 36.8 Å². The minimum Gasteiger partial charge on any atom is -0.397 e. The van der Waals surface area contributed by atoms with Gasteiger partial charge in [-0.15, -0.1) is 0 Å². The maximum atomic E-state index is 5.70. The van der Waals surface area contributed by atoms with Gasteiger partial charge in [-0.2, -0.15) is 0 Å². The van der Waals surface area contributed by atoms with Crippen LogP contribution in [-0.2, 0) is 0 Å². The summed E-state index contributed by atoms with van der Waals surface area (Å²) in [4.78, 5) is 13.1. The highest BCUT2D eigenvalue weighted by molar-refractivity contribution is 6.04. The summed E-state index contributed by atoms with van der Waals surface area (Å²) in [6, 6.07) is 6.26. The number of fused-ring (bicyclic) bond motifs is 3. The number of nitrogen functional groups attached to an aromatic ring is 1. The lowest BCUT2D eigenvalue weighted by atomic mass is 9.99. The summed E-state index contributed by atoms with van der Waals surface area (Å²) in [6.45, 7) is 0. The van der Waals surface area contributed by atoms with Crippen molar-refractivity contribution in [2.24, 2.45) is 0 Å². The van der Waals surface area contributed by atoms with Gasteiger partial charge in [0.1, 0.15) is 5.82 Å². The van der Waals surface area contributed by atoms with Crippen molar-refractivity contribution in [3.63, 3.8) is 0 Å². The minimum atomic E-state index is 0.412. The molecule has 5 N–H and O–H groups in total. The van der Waals surface area contributed by atoms with Crippen LogP contribution in [0.5, 0.6) is 0 Å². The van der Waals surface area contributed by atoms with Crippen LogP contribution in [0.2, 0.25) is 0 Å². The molecule has 1 aliphatic rings. The monoisotopic (exact) mass is 333 g/mol. The third kappa shape index (κ3) is 2.39. The first kappa shape index (κ1) is 14.3. The molecule has 0 aliphatic heterocycles. The van der Waals surface area contributed by atoms with Crippen LogP contribution < -0.4 is 11.1 Å². The number of aromatic nitrogens is 5. The second-order valence-electron chi connectivity index (χ2n) is 6.72. The van der Waals surface area contributed by atoms with Gasteiger partial charge >= 0.3 is 0 Å². The van der Waals surface area contributed by atoms with E-state index >= 15 is 0 Å². The molecule has 2 atom stereocenters. The number of hydrogen-bond donors (Lipinski definition) is 4. The quantitative estimate of drug-likeness (QED) is 0.460. The third-order valence-electron chi connectivity index (χ3n) is 5.11. The number of hydrogen-bond acceptors (Lipinski definition) is 5. The van der Waals surface area contributed by atoms with E-state index in [9.17, 15) is 0 Å². The summed E-state index contributed by atoms with van der Waals surface area (Å²) in [5.41, 5.74) is 9.48. The van der Waals surface area contributed by atoms with Crippen LogP contribution in [-0.4, -0.2) is 31.2 Å². The fourth-order valence-electron chi connectivity index (χ4n) is 3.92. The van der Waals surface area contributed by atoms with Gasteiger partial charge in [0.25, 0.3) is 0 Å². The highest BCUT2D eigenvalue weighted by atomic mass is 15.1. The summed E-state index contributed by atoms with van der Waals surface area (Å²) in [6.07, 6.45) is 8.67. The molecule has 4 aromatic heterocycles. The fourth-order valence-corrected chi connectivity index (χ4v) is 3.92. The number of nitrogens with zero attached hydrogens (tertiary/aromatic N) is 3. The molecule has 0 spiro atoms. The van der Waals surface area contributed by atoms with Gasteiger partial charge in [0.05, 0.1) is 23.6 Å². The molecule has 7 heteroatoms. The Kier molecular flexibility index (Phi) is 3.12. The van der Waals surface area contributed by atoms with Crippen LogP contribution in [0.1, 0.15) is 30.9 Å². The van der Waals surface area contributed by atoms with Crippen molar-refractivity contribution < 1.29 is 0 Å². The van der Waals surface area contributed by atoms with E-state index in [0.29, 0.717) is 17.6 Å². The third-order valence-corrected chi connectivity index (χ3v) is 5.11. The zero-order valence-electron chi connectivity index (χ0n) is 13.7. The molecule has 1 fully saturated rings. The van der Waals surface area contributed by atoms with Gasteiger partial charge in [-0.05, 0) is 37.5 Å². The van der Waals surface area contributed by atoms with Crippen LogP contribution in [0.3, 0.4) is 0 Å². The summed E-state index contributed by atoms with van der Waals surface area (Å²) < 4.78 is 0. The lowest BCUT2D eigenvalue weighted by Gasteiger charge is -2.14. The topological polar surface area (TPSA) is 108 Å². The Morgan fingerprint density at radius 3 is 2.88 bits per heavy atom. The standard InChI is InChI=1S/C18H19N7/c19-11-2-4-15(21-8-11)23-12-3-1-10(7-12)17-16-13-5-6-20-18(13)22-9-14(16)24-25-17/h2,4-6,8-10,12,24-25H,1,3,7,19H2,(H,21,23)/t10-,12+/m1/s1. The van der Waals surface area contributed by atoms with E-state index in [2.05, 4.69) is 30.5 Å². The van der Waals surface area contributed by atoms with Gasteiger partial charge in [-0.25, -0.2) is 15.0 Å². The maximum Gasteiger partial charge on any atom is 0.159 e. The van der Waals surface area contributed by atoms with Crippen molar-refractivity contribution in [1.82, 2.24) is 25.1 Å². The zero-order valence-corrected chi connectivity index (χ0v) is 13.7. The number of nitrogens with one attached hydrogen (secondary N) is 3. The second-order valence-corrected chi connectivity index (χ2v) is 6.72. The van der Waals surface area contributed by atoms with Crippen molar-refractivity contribution >= 4 is 33.4 Å². The molecule has 0 radical (unpaired) electrons. The SMILES string of the molecule is Nc1ccc(N[C@H]2CC[C@@H](c3[nH][nH]c4cnc5nccc5c34)C2)nc1. The normalized spacial score (nSPS) is 20.5. The summed E-state index contributed by atoms with van der Waals surface area (Å²) in [5, 5.41) is 12.5. The zero-order chi connectivity index (χ0) is 16.8. The molecule has 0 unspecified atom stereocenters. The number of pyridine rings is 2. The molecule has 4 heterocycles. The van der Waals surface area contributed by atoms with Crippen molar-refractivity contribution in [3.8, 4) is 0 Å². The van der Waals surface area contributed by atoms with Crippen molar-refractivity contribution in [3.05, 3.63) is 42.5 Å². The molecule has 7 nitrogen and oxygen atoms in total. The largest absolute Gasteiger partial charge is 0.397 e. The van der Waals surface area contributed by atoms with E-state index in [-0.39, 0.29) is 0 Å². The molecule has 1 aliphatic carbocycles. The van der Waals surface area contributed by atoms with E-state index in [0.717, 1.165) is 41.6 Å². The van der Waals surface area contributed by atoms with Crippen LogP contribution in [0.25, 0.3) is 21.9 Å². The smallest absolute Gasteiger partial charge is 0.159 e. The first-order valence-corrected chi connectivity index (χ1v) is 8.55. The van der Waals surface area contributed by atoms with Gasteiger partial charge in [0.2, 0.25) is 0 Å². The molecule has 0 amide bonds. The summed E-state index contributed by atoms with van der Waals surface area (Å²) in [7, 11) is 0. The molecule has 25 heavy (non-hydrogen) atoms. The molecule has 5 rings (SSSR count). The Labute approximate surface area is 144 Å². The maximum absolute atomic E-state index is 5.70. The number of aromatic amines is 2. The number of H-pyrrole nitrogens is 2. The molecule has 126 valence electrons. The van der Waals surface area contributed by atoms with E-state index < -0.39 is 0 Å². The molecule has 0 bridgehead atoms.